The van der Waals surface area contributed by atoms with Crippen molar-refractivity contribution in [3.63, 3.8) is 0 Å². The smallest absolute Gasteiger partial charge is 0.404 e. The maximum absolute atomic E-state index is 12.9. The minimum absolute atomic E-state index is 0.116. The maximum atomic E-state index is 12.9. The predicted octanol–water partition coefficient (Wildman–Crippen LogP) is -0.182. The van der Waals surface area contributed by atoms with Crippen molar-refractivity contribution in [2.45, 2.75) is 12.6 Å². The maximum Gasteiger partial charge on any atom is 0.404 e. The van der Waals surface area contributed by atoms with E-state index >= 15 is 0 Å². The van der Waals surface area contributed by atoms with Gasteiger partial charge in [-0.25, -0.2) is 0 Å². The molecule has 0 spiro atoms. The molecule has 0 aromatic heterocycles. The fraction of sp³-hybridized carbons (Fsp3) is 0.778. The van der Waals surface area contributed by atoms with Crippen LogP contribution in [0.25, 0.3) is 0 Å². The summed E-state index contributed by atoms with van der Waals surface area (Å²) in [5, 5.41) is 4.45. The lowest BCUT2D eigenvalue weighted by Crippen LogP contribution is -2.53. The van der Waals surface area contributed by atoms with Crippen molar-refractivity contribution in [3.8, 4) is 0 Å². The molecule has 1 amide bonds. The van der Waals surface area contributed by atoms with E-state index in [1.807, 2.05) is 5.32 Å². The summed E-state index contributed by atoms with van der Waals surface area (Å²) in [5.41, 5.74) is -2.44. The van der Waals surface area contributed by atoms with E-state index in [1.54, 1.807) is 0 Å². The van der Waals surface area contributed by atoms with Gasteiger partial charge in [0.05, 0.1) is 7.11 Å². The average Bonchev–Trinajstić information content (AvgIpc) is 2.74. The van der Waals surface area contributed by atoms with E-state index in [0.29, 0.717) is 0 Å². The van der Waals surface area contributed by atoms with E-state index in [4.69, 9.17) is 0 Å². The van der Waals surface area contributed by atoms with Crippen LogP contribution in [0.1, 0.15) is 6.42 Å². The van der Waals surface area contributed by atoms with Crippen LogP contribution in [0.4, 0.5) is 13.2 Å². The number of halogens is 3. The first-order valence-electron chi connectivity index (χ1n) is 4.96. The lowest BCUT2D eigenvalue weighted by Gasteiger charge is -2.29. The minimum Gasteiger partial charge on any atom is -0.468 e. The molecule has 1 atom stereocenters. The molecule has 0 aromatic rings. The predicted molar refractivity (Wildman–Crippen MR) is 51.0 cm³/mol. The lowest BCUT2D eigenvalue weighted by molar-refractivity contribution is -0.216. The van der Waals surface area contributed by atoms with Crippen molar-refractivity contribution in [1.82, 2.24) is 10.6 Å². The second-order valence-corrected chi connectivity index (χ2v) is 3.77. The van der Waals surface area contributed by atoms with E-state index in [1.165, 1.54) is 0 Å². The van der Waals surface area contributed by atoms with Gasteiger partial charge in [-0.2, -0.15) is 13.2 Å². The topological polar surface area (TPSA) is 67.4 Å². The first kappa shape index (κ1) is 13.8. The van der Waals surface area contributed by atoms with Crippen molar-refractivity contribution >= 4 is 11.9 Å². The van der Waals surface area contributed by atoms with Gasteiger partial charge in [-0.1, -0.05) is 0 Å². The molecule has 1 aliphatic heterocycles. The zero-order chi connectivity index (χ0) is 13.1. The van der Waals surface area contributed by atoms with E-state index in [9.17, 15) is 22.8 Å². The molecule has 17 heavy (non-hydrogen) atoms. The Morgan fingerprint density at radius 1 is 1.47 bits per heavy atom. The highest BCUT2D eigenvalue weighted by Crippen LogP contribution is 2.43. The van der Waals surface area contributed by atoms with Crippen LogP contribution in [0.15, 0.2) is 0 Å². The number of rotatable bonds is 3. The first-order valence-corrected chi connectivity index (χ1v) is 4.96. The van der Waals surface area contributed by atoms with Gasteiger partial charge in [0, 0.05) is 6.54 Å². The summed E-state index contributed by atoms with van der Waals surface area (Å²) >= 11 is 0. The highest BCUT2D eigenvalue weighted by molar-refractivity contribution is 5.87. The van der Waals surface area contributed by atoms with E-state index in [0.717, 1.165) is 7.11 Å². The number of carbonyl (C=O) groups is 2. The largest absolute Gasteiger partial charge is 0.468 e. The van der Waals surface area contributed by atoms with Crippen LogP contribution in [0.3, 0.4) is 0 Å². The van der Waals surface area contributed by atoms with Gasteiger partial charge in [-0.3, -0.25) is 9.59 Å². The SMILES string of the molecule is COC(=O)CNC(=O)C1(C(F)(F)F)CCNC1. The Hall–Kier alpha value is -1.31. The molecule has 0 aliphatic carbocycles. The zero-order valence-electron chi connectivity index (χ0n) is 9.19. The highest BCUT2D eigenvalue weighted by Gasteiger charge is 2.61. The highest BCUT2D eigenvalue weighted by atomic mass is 19.4. The summed E-state index contributed by atoms with van der Waals surface area (Å²) < 4.78 is 42.8. The molecule has 0 bridgehead atoms. The van der Waals surface area contributed by atoms with Crippen LogP contribution in [0, 0.1) is 5.41 Å². The summed E-state index contributed by atoms with van der Waals surface area (Å²) in [6, 6.07) is 0. The Bertz CT molecular complexity index is 311. The number of carbonyl (C=O) groups excluding carboxylic acids is 2. The van der Waals surface area contributed by atoms with E-state index in [2.05, 4.69) is 10.1 Å². The molecule has 5 nitrogen and oxygen atoms in total. The Morgan fingerprint density at radius 2 is 2.12 bits per heavy atom. The molecule has 1 unspecified atom stereocenters. The van der Waals surface area contributed by atoms with Gasteiger partial charge in [0.15, 0.2) is 5.41 Å². The standard InChI is InChI=1S/C9H13F3N2O3/c1-17-6(15)4-14-7(16)8(9(10,11)12)2-3-13-5-8/h13H,2-5H2,1H3,(H,14,16). The number of methoxy groups -OCH3 is 1. The van der Waals surface area contributed by atoms with Crippen LogP contribution < -0.4 is 10.6 Å². The van der Waals surface area contributed by atoms with Crippen molar-refractivity contribution in [1.29, 1.82) is 0 Å². The Kier molecular flexibility index (Phi) is 3.97. The Balaban J connectivity index is 2.72. The molecular weight excluding hydrogens is 241 g/mol. The van der Waals surface area contributed by atoms with Gasteiger partial charge < -0.3 is 15.4 Å². The number of nitrogens with one attached hydrogen (secondary N) is 2. The third-order valence-corrected chi connectivity index (χ3v) is 2.75. The molecule has 98 valence electrons. The normalized spacial score (nSPS) is 24.5. The third kappa shape index (κ3) is 2.68. The monoisotopic (exact) mass is 254 g/mol. The number of hydrogen-bond donors (Lipinski definition) is 2. The van der Waals surface area contributed by atoms with Gasteiger partial charge in [0.2, 0.25) is 5.91 Å². The van der Waals surface area contributed by atoms with Crippen molar-refractivity contribution in [2.24, 2.45) is 5.41 Å². The summed E-state index contributed by atoms with van der Waals surface area (Å²) in [6.07, 6.45) is -4.97. The second kappa shape index (κ2) is 4.91. The average molecular weight is 254 g/mol. The Morgan fingerprint density at radius 3 is 2.53 bits per heavy atom. The summed E-state index contributed by atoms with van der Waals surface area (Å²) in [6.45, 7) is -0.915. The molecule has 0 aromatic carbocycles. The summed E-state index contributed by atoms with van der Waals surface area (Å²) in [4.78, 5) is 22.3. The molecule has 0 radical (unpaired) electrons. The summed E-state index contributed by atoms with van der Waals surface area (Å²) in [7, 11) is 1.09. The number of esters is 1. The number of alkyl halides is 3. The van der Waals surface area contributed by atoms with Crippen molar-refractivity contribution in [3.05, 3.63) is 0 Å². The lowest BCUT2D eigenvalue weighted by atomic mass is 9.85. The van der Waals surface area contributed by atoms with Gasteiger partial charge in [-0.05, 0) is 13.0 Å². The van der Waals surface area contributed by atoms with Crippen molar-refractivity contribution in [2.75, 3.05) is 26.7 Å². The molecule has 2 N–H and O–H groups in total. The molecule has 1 saturated heterocycles. The van der Waals surface area contributed by atoms with Gasteiger partial charge in [0.25, 0.3) is 0 Å². The van der Waals surface area contributed by atoms with Crippen LogP contribution >= 0.6 is 0 Å². The molecule has 8 heteroatoms. The second-order valence-electron chi connectivity index (χ2n) is 3.77. The molecule has 1 rings (SSSR count). The van der Waals surface area contributed by atoms with Gasteiger partial charge in [0.1, 0.15) is 6.54 Å². The number of ether oxygens (including phenoxy) is 1. The fourth-order valence-electron chi connectivity index (χ4n) is 1.65. The fourth-order valence-corrected chi connectivity index (χ4v) is 1.65. The number of amides is 1. The summed E-state index contributed by atoms with van der Waals surface area (Å²) in [5.74, 6) is -1.98. The zero-order valence-corrected chi connectivity index (χ0v) is 9.19. The first-order chi connectivity index (χ1) is 7.83. The van der Waals surface area contributed by atoms with Crippen LogP contribution in [0.5, 0.6) is 0 Å². The van der Waals surface area contributed by atoms with Crippen LogP contribution in [-0.2, 0) is 14.3 Å². The molecular formula is C9H13F3N2O3. The Labute approximate surface area is 95.7 Å². The quantitative estimate of drug-likeness (QED) is 0.685. The van der Waals surface area contributed by atoms with E-state index in [-0.39, 0.29) is 13.0 Å². The van der Waals surface area contributed by atoms with Crippen LogP contribution in [-0.4, -0.2) is 44.8 Å². The molecule has 1 heterocycles. The third-order valence-electron chi connectivity index (χ3n) is 2.75. The molecule has 1 fully saturated rings. The van der Waals surface area contributed by atoms with Crippen molar-refractivity contribution < 1.29 is 27.5 Å². The van der Waals surface area contributed by atoms with Crippen LogP contribution in [0.2, 0.25) is 0 Å². The van der Waals surface area contributed by atoms with Gasteiger partial charge in [-0.15, -0.1) is 0 Å². The minimum atomic E-state index is -4.64. The molecule has 0 saturated carbocycles. The van der Waals surface area contributed by atoms with E-state index < -0.39 is 36.6 Å². The van der Waals surface area contributed by atoms with Gasteiger partial charge >= 0.3 is 12.1 Å². The number of hydrogen-bond acceptors (Lipinski definition) is 4. The molecule has 1 aliphatic rings.